The Balaban J connectivity index is 0.000000123. The lowest BCUT2D eigenvalue weighted by Gasteiger charge is -2.08. The Morgan fingerprint density at radius 1 is 0.280 bits per heavy atom. The van der Waals surface area contributed by atoms with E-state index in [-0.39, 0.29) is 29.6 Å². The zero-order chi connectivity index (χ0) is 96.7. The third kappa shape index (κ3) is 18.4. The molecule has 15 aromatic heterocycles. The average Bonchev–Trinajstić information content (AvgIpc) is 1.65. The highest BCUT2D eigenvalue weighted by molar-refractivity contribution is 6.09. The Morgan fingerprint density at radius 3 is 1.13 bits per heavy atom. The highest BCUT2D eigenvalue weighted by Gasteiger charge is 2.25. The molecule has 0 radical (unpaired) electrons. The van der Waals surface area contributed by atoms with Crippen LogP contribution in [0.15, 0.2) is 266 Å². The summed E-state index contributed by atoms with van der Waals surface area (Å²) in [5, 5.41) is 8.21. The summed E-state index contributed by atoms with van der Waals surface area (Å²) >= 11 is 0. The zero-order valence-electron chi connectivity index (χ0n) is 85.0. The molecule has 15 heterocycles. The van der Waals surface area contributed by atoms with Crippen molar-refractivity contribution in [3.05, 3.63) is 300 Å². The van der Waals surface area contributed by atoms with Crippen LogP contribution in [0.3, 0.4) is 0 Å². The van der Waals surface area contributed by atoms with Gasteiger partial charge in [-0.05, 0) is 257 Å². The number of aromatic nitrogens is 10. The first kappa shape index (κ1) is 73.2. The van der Waals surface area contributed by atoms with E-state index in [2.05, 4.69) is 84.0 Å². The summed E-state index contributed by atoms with van der Waals surface area (Å²) < 4.78 is 123. The van der Waals surface area contributed by atoms with Crippen molar-refractivity contribution in [2.75, 3.05) is 0 Å². The van der Waals surface area contributed by atoms with Crippen LogP contribution in [0.4, 0.5) is 0 Å². The number of fused-ring (bicyclic) bond motifs is 15. The molecule has 20 aromatic rings. The second-order valence-corrected chi connectivity index (χ2v) is 34.2. The summed E-state index contributed by atoms with van der Waals surface area (Å²) in [6.45, 7) is 29.4. The van der Waals surface area contributed by atoms with E-state index in [1.54, 1.807) is 31.0 Å². The molecule has 0 saturated heterocycles. The van der Waals surface area contributed by atoms with Gasteiger partial charge in [-0.3, -0.25) is 15.0 Å². The van der Waals surface area contributed by atoms with E-state index >= 15 is 0 Å². The van der Waals surface area contributed by atoms with Gasteiger partial charge in [0.25, 0.3) is 0 Å². The summed E-state index contributed by atoms with van der Waals surface area (Å²) in [5.74, 6) is -0.466. The number of hydrogen-bond donors (Lipinski definition) is 0. The van der Waals surface area contributed by atoms with Crippen LogP contribution < -0.4 is 22.8 Å². The van der Waals surface area contributed by atoms with Crippen LogP contribution in [-0.2, 0) is 67.1 Å². The van der Waals surface area contributed by atoms with E-state index < -0.39 is 31.9 Å². The molecule has 20 rings (SSSR count). The number of para-hydroxylation sites is 1. The second-order valence-electron chi connectivity index (χ2n) is 34.2. The number of benzene rings is 5. The van der Waals surface area contributed by atoms with Crippen molar-refractivity contribution in [1.29, 1.82) is 0 Å². The molecule has 0 unspecified atom stereocenters. The smallest absolute Gasteiger partial charge is 0.231 e. The average molecular weight is 1670 g/mol. The third-order valence-corrected chi connectivity index (χ3v) is 22.2. The van der Waals surface area contributed by atoms with Gasteiger partial charge in [0.05, 0.1) is 6.20 Å². The highest BCUT2D eigenvalue weighted by Crippen LogP contribution is 2.40. The van der Waals surface area contributed by atoms with Crippen molar-refractivity contribution < 1.29 is 58.6 Å². The summed E-state index contributed by atoms with van der Waals surface area (Å²) in [4.78, 5) is 22.1. The van der Waals surface area contributed by atoms with Crippen LogP contribution in [0.2, 0.25) is 0 Å². The molecule has 630 valence electrons. The maximum atomic E-state index is 8.35. The quantitative estimate of drug-likeness (QED) is 0.0908. The fraction of sp³-hybridized carbons (Fsp3) is 0.273. The molecule has 0 spiro atoms. The largest absolute Gasteiger partial charge is 0.456 e. The van der Waals surface area contributed by atoms with Crippen LogP contribution in [0.1, 0.15) is 139 Å². The first-order valence-corrected chi connectivity index (χ1v) is 42.8. The molecule has 0 fully saturated rings. The maximum Gasteiger partial charge on any atom is 0.231 e. The number of nitrogens with zero attached hydrogens (tertiary/aromatic N) is 10. The van der Waals surface area contributed by atoms with Gasteiger partial charge in [-0.25, -0.2) is 28.2 Å². The normalized spacial score (nSPS) is 13.5. The van der Waals surface area contributed by atoms with Crippen LogP contribution in [0, 0.1) is 64.2 Å². The van der Waals surface area contributed by atoms with Crippen molar-refractivity contribution in [2.24, 2.45) is 64.8 Å². The van der Waals surface area contributed by atoms with Crippen molar-refractivity contribution in [1.82, 2.24) is 24.9 Å². The van der Waals surface area contributed by atoms with Gasteiger partial charge >= 0.3 is 0 Å². The minimum absolute atomic E-state index is 0.0904. The fourth-order valence-electron chi connectivity index (χ4n) is 16.6. The Bertz CT molecular complexity index is 6880. The van der Waals surface area contributed by atoms with E-state index in [4.69, 9.17) is 40.8 Å². The van der Waals surface area contributed by atoms with Crippen LogP contribution in [-0.4, -0.2) is 24.9 Å². The first-order chi connectivity index (χ1) is 63.9. The molecule has 0 bridgehead atoms. The number of aryl methyl sites for hydroxylation is 10. The van der Waals surface area contributed by atoms with Gasteiger partial charge in [-0.15, -0.1) is 0 Å². The summed E-state index contributed by atoms with van der Waals surface area (Å²) in [6.07, 6.45) is 13.2. The van der Waals surface area contributed by atoms with Gasteiger partial charge < -0.3 is 22.1 Å². The highest BCUT2D eigenvalue weighted by atomic mass is 16.3. The Labute approximate surface area is 746 Å². The third-order valence-electron chi connectivity index (χ3n) is 22.2. The molecule has 0 aliphatic heterocycles. The molecule has 5 aromatic carbocycles. The summed E-state index contributed by atoms with van der Waals surface area (Å²) in [7, 11) is 9.80. The Hall–Kier alpha value is -13.4. The standard InChI is InChI=1S/5C22H23N2O/c1-14(2)9-16-5-6-20(24(4)13-16)17-11-18-19-12-23-8-7-21(19)25-22(18)10-15(17)3;1-14(2)9-16-5-6-20(24(4)13-16)18-11-19-17-7-8-23-12-22(17)25-21(19)10-15(18)3;1-14(2)10-16-7-8-19(24(4)13-16)17-12-18-21(11-15(17)3)25-20-6-5-9-23-22(18)20;1-14(2)10-16-7-8-20(24(4)13-16)18-12-19-17-6-5-9-23-22(17)25-21(19)11-15(18)3;1-14(2)11-16-9-10-18(24(4)13-16)21-15(3)12-20-22(23-21)17-7-5-6-8-19(17)25-20/h2*5-8,10-14H,9H2,1-4H3;2*5-9,11-14H,10H2,1-4H3;5-10,12-14H,11H2,1-4H3/q5*+1/i2*9D2;2*10D2;11D2. The van der Waals surface area contributed by atoms with Crippen LogP contribution >= 0.6 is 0 Å². The van der Waals surface area contributed by atoms with E-state index in [9.17, 15) is 0 Å². The predicted molar refractivity (Wildman–Crippen MR) is 507 cm³/mol. The van der Waals surface area contributed by atoms with E-state index in [1.165, 1.54) is 0 Å². The molecule has 0 N–H and O–H groups in total. The number of furan rings is 5. The predicted octanol–water partition coefficient (Wildman–Crippen LogP) is 24.9. The fourth-order valence-corrected chi connectivity index (χ4v) is 16.6. The maximum absolute atomic E-state index is 8.35. The lowest BCUT2D eigenvalue weighted by molar-refractivity contribution is -0.661. The monoisotopic (exact) mass is 1670 g/mol. The van der Waals surface area contributed by atoms with Crippen molar-refractivity contribution in [3.63, 3.8) is 0 Å². The molecular formula is C110H115N10O5+5. The SMILES string of the molecule is [2H]C([2H])(c1ccc(-c2cc3c(cc2C)oc2cccnc23)[n+](C)c1)C(C)C.[2H]C([2H])(c1ccc(-c2cc3c(cc2C)oc2ccncc23)[n+](C)c1)C(C)C.[2H]C([2H])(c1ccc(-c2cc3c(cc2C)oc2cnccc23)[n+](C)c1)C(C)C.[2H]C([2H])(c1ccc(-c2cc3c(cc2C)oc2ncccc23)[n+](C)c1)C(C)C.[2H]C([2H])(c1ccc(-c2nc3c(cc2C)oc2ccccc23)[n+](C)c1)C(C)C. The molecule has 0 aliphatic carbocycles. The minimum Gasteiger partial charge on any atom is -0.456 e. The van der Waals surface area contributed by atoms with E-state index in [0.29, 0.717) is 33.5 Å². The lowest BCUT2D eigenvalue weighted by atomic mass is 9.99. The molecule has 0 atom stereocenters. The molecule has 15 nitrogen and oxygen atoms in total. The van der Waals surface area contributed by atoms with Gasteiger partial charge in [-0.2, -0.15) is 4.57 Å². The second kappa shape index (κ2) is 36.2. The zero-order valence-corrected chi connectivity index (χ0v) is 75.0. The van der Waals surface area contributed by atoms with Gasteiger partial charge in [0.1, 0.15) is 85.5 Å². The molecule has 0 aliphatic rings. The molecule has 0 saturated carbocycles. The number of pyridine rings is 10. The minimum atomic E-state index is -1.37. The van der Waals surface area contributed by atoms with Crippen molar-refractivity contribution in [2.45, 2.75) is 136 Å². The first-order valence-electron chi connectivity index (χ1n) is 47.8. The van der Waals surface area contributed by atoms with Gasteiger partial charge in [-0.1, -0.05) is 81.4 Å². The van der Waals surface area contributed by atoms with E-state index in [0.717, 1.165) is 189 Å². The van der Waals surface area contributed by atoms with Gasteiger partial charge in [0.2, 0.25) is 34.2 Å². The van der Waals surface area contributed by atoms with Crippen LogP contribution in [0.25, 0.3) is 167 Å². The van der Waals surface area contributed by atoms with Crippen molar-refractivity contribution in [3.8, 4) is 56.4 Å². The molecule has 0 amide bonds. The molecular weight excluding hydrogens is 1540 g/mol. The Morgan fingerprint density at radius 2 is 0.640 bits per heavy atom. The van der Waals surface area contributed by atoms with Gasteiger partial charge in [0.15, 0.2) is 47.7 Å². The van der Waals surface area contributed by atoms with Crippen molar-refractivity contribution >= 4 is 110 Å². The summed E-state index contributed by atoms with van der Waals surface area (Å²) in [5.41, 5.74) is 29.1. The molecule has 125 heavy (non-hydrogen) atoms. The lowest BCUT2D eigenvalue weighted by Crippen LogP contribution is -2.32. The van der Waals surface area contributed by atoms with Gasteiger partial charge in [0, 0.05) is 168 Å². The molecule has 15 heteroatoms. The topological polar surface area (TPSA) is 150 Å². The van der Waals surface area contributed by atoms with E-state index in [1.807, 2.05) is 311 Å². The number of rotatable bonds is 15. The number of hydrogen-bond acceptors (Lipinski definition) is 10. The Kier molecular flexibility index (Phi) is 21.2. The summed E-state index contributed by atoms with van der Waals surface area (Å²) in [6, 6.07) is 57.8. The van der Waals surface area contributed by atoms with Crippen LogP contribution in [0.5, 0.6) is 0 Å².